The van der Waals surface area contributed by atoms with E-state index in [0.29, 0.717) is 29.1 Å². The van der Waals surface area contributed by atoms with Crippen molar-refractivity contribution in [3.63, 3.8) is 0 Å². The summed E-state index contributed by atoms with van der Waals surface area (Å²) in [5.41, 5.74) is 1.12. The molecule has 3 aliphatic rings. The molecular weight excluding hydrogens is 272 g/mol. The molecule has 0 amide bonds. The number of oxazole rings is 1. The summed E-state index contributed by atoms with van der Waals surface area (Å²) in [5.74, 6) is 0.666. The molecule has 1 aromatic carbocycles. The van der Waals surface area contributed by atoms with Crippen molar-refractivity contribution in [2.45, 2.75) is 18.9 Å². The summed E-state index contributed by atoms with van der Waals surface area (Å²) in [4.78, 5) is 17.2. The van der Waals surface area contributed by atoms with E-state index in [4.69, 9.17) is 4.42 Å². The van der Waals surface area contributed by atoms with Crippen LogP contribution in [0.15, 0.2) is 22.6 Å². The Morgan fingerprint density at radius 3 is 2.86 bits per heavy atom. The lowest BCUT2D eigenvalue weighted by Gasteiger charge is -2.44. The van der Waals surface area contributed by atoms with Crippen LogP contribution >= 0.6 is 0 Å². The maximum Gasteiger partial charge on any atom is 0.295 e. The molecule has 5 rings (SSSR count). The van der Waals surface area contributed by atoms with Gasteiger partial charge in [0.2, 0.25) is 0 Å². The van der Waals surface area contributed by atoms with Crippen molar-refractivity contribution < 1.29 is 9.34 Å². The summed E-state index contributed by atoms with van der Waals surface area (Å²) in [7, 11) is 0. The van der Waals surface area contributed by atoms with Crippen molar-refractivity contribution in [3.8, 4) is 0 Å². The Bertz CT molecular complexity index is 691. The van der Waals surface area contributed by atoms with Gasteiger partial charge in [-0.15, -0.1) is 0 Å². The average Bonchev–Trinajstić information content (AvgIpc) is 2.89. The third-order valence-corrected chi connectivity index (χ3v) is 4.55. The molecule has 3 fully saturated rings. The van der Waals surface area contributed by atoms with Crippen LogP contribution in [0.1, 0.15) is 12.8 Å². The molecule has 0 spiro atoms. The smallest absolute Gasteiger partial charge is 0.295 e. The molecule has 2 bridgehead atoms. The topological polar surface area (TPSA) is 84.4 Å². The van der Waals surface area contributed by atoms with Crippen molar-refractivity contribution >= 4 is 22.8 Å². The normalized spacial score (nSPS) is 27.9. The molecule has 2 aromatic rings. The summed E-state index contributed by atoms with van der Waals surface area (Å²) in [6.07, 6.45) is 2.42. The van der Waals surface area contributed by atoms with Gasteiger partial charge in [-0.2, -0.15) is 4.98 Å². The number of nitro benzene ring substituents is 1. The second kappa shape index (κ2) is 4.70. The first-order valence-electron chi connectivity index (χ1n) is 7.23. The lowest BCUT2D eigenvalue weighted by molar-refractivity contribution is -0.384. The van der Waals surface area contributed by atoms with Crippen molar-refractivity contribution in [2.75, 3.05) is 25.0 Å². The fourth-order valence-electron chi connectivity index (χ4n) is 3.38. The fraction of sp³-hybridized carbons (Fsp3) is 0.500. The number of hydrogen-bond donors (Lipinski definition) is 1. The van der Waals surface area contributed by atoms with Crippen LogP contribution < -0.4 is 5.32 Å². The highest BCUT2D eigenvalue weighted by Gasteiger charge is 2.34. The summed E-state index contributed by atoms with van der Waals surface area (Å²) in [5, 5.41) is 14.1. The second-order valence-electron chi connectivity index (χ2n) is 5.82. The number of benzene rings is 1. The van der Waals surface area contributed by atoms with E-state index in [-0.39, 0.29) is 5.69 Å². The van der Waals surface area contributed by atoms with Crippen LogP contribution in [-0.2, 0) is 0 Å². The number of rotatable bonds is 3. The molecular formula is C14H16N4O3. The Morgan fingerprint density at radius 2 is 2.19 bits per heavy atom. The number of nitrogens with one attached hydrogen (secondary N) is 1. The Kier molecular flexibility index (Phi) is 2.81. The Labute approximate surface area is 121 Å². The predicted molar refractivity (Wildman–Crippen MR) is 77.2 cm³/mol. The van der Waals surface area contributed by atoms with Gasteiger partial charge >= 0.3 is 0 Å². The highest BCUT2D eigenvalue weighted by molar-refractivity contribution is 5.77. The SMILES string of the molecule is O=[N+]([O-])c1ccc2nc(NC3CN4CCC3CC4)oc2c1. The Hall–Kier alpha value is -2.15. The number of piperidine rings is 3. The molecule has 0 saturated carbocycles. The van der Waals surface area contributed by atoms with Crippen LogP contribution in [-0.4, -0.2) is 40.5 Å². The molecule has 7 heteroatoms. The molecule has 21 heavy (non-hydrogen) atoms. The first kappa shape index (κ1) is 12.6. The summed E-state index contributed by atoms with van der Waals surface area (Å²) < 4.78 is 5.62. The van der Waals surface area contributed by atoms with E-state index in [1.54, 1.807) is 6.07 Å². The van der Waals surface area contributed by atoms with E-state index < -0.39 is 4.92 Å². The van der Waals surface area contributed by atoms with Gasteiger partial charge in [0.05, 0.1) is 11.0 Å². The molecule has 7 nitrogen and oxygen atoms in total. The van der Waals surface area contributed by atoms with E-state index in [0.717, 1.165) is 6.54 Å². The van der Waals surface area contributed by atoms with Gasteiger partial charge in [-0.3, -0.25) is 10.1 Å². The lowest BCUT2D eigenvalue weighted by atomic mass is 9.84. The van der Waals surface area contributed by atoms with Gasteiger partial charge in [0.1, 0.15) is 5.52 Å². The van der Waals surface area contributed by atoms with Crippen LogP contribution in [0.4, 0.5) is 11.7 Å². The first-order valence-corrected chi connectivity index (χ1v) is 7.23. The quantitative estimate of drug-likeness (QED) is 0.688. The monoisotopic (exact) mass is 288 g/mol. The number of hydrogen-bond acceptors (Lipinski definition) is 6. The van der Waals surface area contributed by atoms with Gasteiger partial charge in [-0.1, -0.05) is 0 Å². The van der Waals surface area contributed by atoms with Crippen LogP contribution in [0, 0.1) is 16.0 Å². The number of non-ortho nitro benzene ring substituents is 1. The molecule has 4 heterocycles. The number of fused-ring (bicyclic) bond motifs is 4. The molecule has 3 aliphatic heterocycles. The van der Waals surface area contributed by atoms with Gasteiger partial charge in [0.15, 0.2) is 5.58 Å². The Balaban J connectivity index is 1.58. The fourth-order valence-corrected chi connectivity index (χ4v) is 3.38. The zero-order chi connectivity index (χ0) is 14.4. The molecule has 0 radical (unpaired) electrons. The van der Waals surface area contributed by atoms with Crippen LogP contribution in [0.3, 0.4) is 0 Å². The zero-order valence-electron chi connectivity index (χ0n) is 11.5. The third kappa shape index (κ3) is 2.23. The summed E-state index contributed by atoms with van der Waals surface area (Å²) >= 11 is 0. The predicted octanol–water partition coefficient (Wildman–Crippen LogP) is 2.24. The van der Waals surface area contributed by atoms with E-state index in [1.807, 2.05) is 0 Å². The van der Waals surface area contributed by atoms with Gasteiger partial charge in [0.25, 0.3) is 11.7 Å². The molecule has 110 valence electrons. The highest BCUT2D eigenvalue weighted by atomic mass is 16.6. The van der Waals surface area contributed by atoms with Crippen LogP contribution in [0.2, 0.25) is 0 Å². The van der Waals surface area contributed by atoms with Crippen LogP contribution in [0.25, 0.3) is 11.1 Å². The van der Waals surface area contributed by atoms with Crippen molar-refractivity contribution in [3.05, 3.63) is 28.3 Å². The number of anilines is 1. The third-order valence-electron chi connectivity index (χ3n) is 4.55. The van der Waals surface area contributed by atoms with E-state index in [1.165, 1.54) is 38.1 Å². The number of nitro groups is 1. The standard InChI is InChI=1S/C14H16N4O3/c19-18(20)10-1-2-11-13(7-10)21-14(15-11)16-12-8-17-5-3-9(12)4-6-17/h1-2,7,9,12H,3-6,8H2,(H,15,16). The van der Waals surface area contributed by atoms with Gasteiger partial charge in [-0.05, 0) is 37.9 Å². The van der Waals surface area contributed by atoms with E-state index >= 15 is 0 Å². The maximum atomic E-state index is 10.8. The minimum absolute atomic E-state index is 0.0213. The largest absolute Gasteiger partial charge is 0.423 e. The van der Waals surface area contributed by atoms with Crippen LogP contribution in [0.5, 0.6) is 0 Å². The highest BCUT2D eigenvalue weighted by Crippen LogP contribution is 2.31. The minimum Gasteiger partial charge on any atom is -0.423 e. The molecule has 1 unspecified atom stereocenters. The zero-order valence-corrected chi connectivity index (χ0v) is 11.5. The minimum atomic E-state index is -0.428. The number of nitrogens with zero attached hydrogens (tertiary/aromatic N) is 3. The van der Waals surface area contributed by atoms with Crippen molar-refractivity contribution in [1.29, 1.82) is 0 Å². The maximum absolute atomic E-state index is 10.8. The average molecular weight is 288 g/mol. The second-order valence-corrected chi connectivity index (χ2v) is 5.82. The molecule has 3 saturated heterocycles. The van der Waals surface area contributed by atoms with E-state index in [2.05, 4.69) is 15.2 Å². The number of aromatic nitrogens is 1. The lowest BCUT2D eigenvalue weighted by Crippen LogP contribution is -2.53. The molecule has 1 N–H and O–H groups in total. The van der Waals surface area contributed by atoms with Gasteiger partial charge in [-0.25, -0.2) is 0 Å². The first-order chi connectivity index (χ1) is 10.2. The molecule has 0 aliphatic carbocycles. The van der Waals surface area contributed by atoms with E-state index in [9.17, 15) is 10.1 Å². The Morgan fingerprint density at radius 1 is 1.38 bits per heavy atom. The van der Waals surface area contributed by atoms with Crippen molar-refractivity contribution in [1.82, 2.24) is 9.88 Å². The molecule has 1 aromatic heterocycles. The van der Waals surface area contributed by atoms with Gasteiger partial charge < -0.3 is 14.6 Å². The van der Waals surface area contributed by atoms with Gasteiger partial charge in [0, 0.05) is 18.7 Å². The van der Waals surface area contributed by atoms with Crippen molar-refractivity contribution in [2.24, 2.45) is 5.92 Å². The molecule has 1 atom stereocenters. The summed E-state index contributed by atoms with van der Waals surface area (Å²) in [6, 6.07) is 5.31. The summed E-state index contributed by atoms with van der Waals surface area (Å²) in [6.45, 7) is 3.38.